The topological polar surface area (TPSA) is 0 Å². The zero-order valence-corrected chi connectivity index (χ0v) is 9.98. The van der Waals surface area contributed by atoms with Crippen LogP contribution in [0.2, 0.25) is 0 Å². The molecule has 0 heterocycles. The summed E-state index contributed by atoms with van der Waals surface area (Å²) in [6.07, 6.45) is 0. The third-order valence-corrected chi connectivity index (χ3v) is 0. The zero-order chi connectivity index (χ0) is 0. The standard InChI is InChI=1S/Ce.Gd.Mo.Ni. The van der Waals surface area contributed by atoms with Crippen molar-refractivity contribution in [3.05, 3.63) is 0 Å². The Morgan fingerprint density at radius 3 is 1.00 bits per heavy atom. The van der Waals surface area contributed by atoms with Gasteiger partial charge in [0.15, 0.2) is 0 Å². The fourth-order valence-corrected chi connectivity index (χ4v) is 0. The molecule has 0 aromatic carbocycles. The molecule has 0 fully saturated rings. The average Bonchev–Trinajstić information content (AvgIpc) is 0. The molecule has 0 aliphatic rings. The molecule has 0 rings (SSSR count). The van der Waals surface area contributed by atoms with Gasteiger partial charge in [0, 0.05) is 119 Å². The maximum atomic E-state index is 0. The molecule has 0 radical (unpaired) electrons. The predicted octanol–water partition coefficient (Wildman–Crippen LogP) is -0.00500. The van der Waals surface area contributed by atoms with E-state index in [9.17, 15) is 0 Å². The number of hydrogen-bond acceptors (Lipinski definition) is 0. The summed E-state index contributed by atoms with van der Waals surface area (Å²) in [7, 11) is 0. The molecule has 0 spiro atoms. The Kier molecular flexibility index (Phi) is 97.8. The van der Waals surface area contributed by atoms with E-state index in [1.165, 1.54) is 0 Å². The van der Waals surface area contributed by atoms with Crippen LogP contribution in [0.15, 0.2) is 0 Å². The van der Waals surface area contributed by atoms with Gasteiger partial charge in [-0.05, 0) is 0 Å². The maximum absolute atomic E-state index is 0. The molecule has 0 bridgehead atoms. The van der Waals surface area contributed by atoms with Crippen molar-refractivity contribution < 1.29 is 119 Å². The van der Waals surface area contributed by atoms with Crippen molar-refractivity contribution in [1.82, 2.24) is 0 Å². The van der Waals surface area contributed by atoms with Gasteiger partial charge in [0.2, 0.25) is 0 Å². The van der Waals surface area contributed by atoms with Gasteiger partial charge in [-0.2, -0.15) is 0 Å². The Labute approximate surface area is 116 Å². The molecule has 4 heavy (non-hydrogen) atoms. The molecule has 0 amide bonds. The third kappa shape index (κ3) is 9.30. The van der Waals surface area contributed by atoms with Crippen LogP contribution in [0.1, 0.15) is 0 Å². The van der Waals surface area contributed by atoms with E-state index in [-0.39, 0.29) is 119 Å². The molecule has 0 atom stereocenters. The van der Waals surface area contributed by atoms with Crippen LogP contribution in [0.3, 0.4) is 0 Å². The second-order valence-electron chi connectivity index (χ2n) is 0. The fourth-order valence-electron chi connectivity index (χ4n) is 0. The second kappa shape index (κ2) is 15.8. The minimum atomic E-state index is 0. The Hall–Kier alpha value is 3.88. The number of hydrogen-bond donors (Lipinski definition) is 0. The molecule has 0 nitrogen and oxygen atoms in total. The Morgan fingerprint density at radius 2 is 1.00 bits per heavy atom. The molecule has 0 aliphatic carbocycles. The smallest absolute Gasteiger partial charge is 0 e. The van der Waals surface area contributed by atoms with Gasteiger partial charge in [-0.1, -0.05) is 0 Å². The van der Waals surface area contributed by atoms with Crippen molar-refractivity contribution >= 4 is 0 Å². The van der Waals surface area contributed by atoms with Crippen LogP contribution in [0.5, 0.6) is 0 Å². The zero-order valence-electron chi connectivity index (χ0n) is 1.58. The van der Waals surface area contributed by atoms with Gasteiger partial charge in [0.25, 0.3) is 0 Å². The maximum Gasteiger partial charge on any atom is 0 e. The van der Waals surface area contributed by atoms with Crippen LogP contribution in [0.4, 0.5) is 0 Å². The summed E-state index contributed by atoms with van der Waals surface area (Å²) in [4.78, 5) is 0. The van der Waals surface area contributed by atoms with Crippen molar-refractivity contribution in [3.8, 4) is 0 Å². The van der Waals surface area contributed by atoms with E-state index in [2.05, 4.69) is 0 Å². The Bertz CT molecular complexity index is 8.00. The molecule has 0 N–H and O–H groups in total. The van der Waals surface area contributed by atoms with E-state index >= 15 is 0 Å². The normalized spacial score (nSPS) is 0. The van der Waals surface area contributed by atoms with Crippen LogP contribution < -0.4 is 0 Å². The summed E-state index contributed by atoms with van der Waals surface area (Å²) < 4.78 is 0. The van der Waals surface area contributed by atoms with Crippen LogP contribution in [-0.2, 0) is 37.6 Å². The van der Waals surface area contributed by atoms with Crippen molar-refractivity contribution in [2.75, 3.05) is 0 Å². The first kappa shape index (κ1) is 24.8. The fraction of sp³-hybridized carbons (Fsp3) is 0. The first-order valence-electron chi connectivity index (χ1n) is 0. The van der Waals surface area contributed by atoms with E-state index < -0.39 is 0 Å². The van der Waals surface area contributed by atoms with E-state index in [1.54, 1.807) is 0 Å². The molecule has 0 aliphatic heterocycles. The summed E-state index contributed by atoms with van der Waals surface area (Å²) in [6, 6.07) is 0. The largest absolute Gasteiger partial charge is 0 e. The van der Waals surface area contributed by atoms with E-state index in [0.717, 1.165) is 0 Å². The molecule has 0 aromatic heterocycles. The van der Waals surface area contributed by atoms with E-state index in [4.69, 9.17) is 0 Å². The van der Waals surface area contributed by atoms with Crippen molar-refractivity contribution in [3.63, 3.8) is 0 Å². The first-order chi connectivity index (χ1) is 0. The van der Waals surface area contributed by atoms with Gasteiger partial charge in [-0.3, -0.25) is 0 Å². The van der Waals surface area contributed by atoms with Gasteiger partial charge in [-0.15, -0.1) is 0 Å². The third-order valence-electron chi connectivity index (χ3n) is 0. The predicted molar refractivity (Wildman–Crippen MR) is 0 cm³/mol. The summed E-state index contributed by atoms with van der Waals surface area (Å²) in [6.45, 7) is 0. The summed E-state index contributed by atoms with van der Waals surface area (Å²) in [5.74, 6) is 0. The monoisotopic (exact) mass is 454 g/mol. The van der Waals surface area contributed by atoms with Crippen LogP contribution in [-0.4, -0.2) is 0 Å². The SMILES string of the molecule is [Ce].[Gd].[Mo].[Ni]. The second-order valence-corrected chi connectivity index (χ2v) is 0. The van der Waals surface area contributed by atoms with Crippen molar-refractivity contribution in [2.24, 2.45) is 0 Å². The van der Waals surface area contributed by atoms with E-state index in [1.807, 2.05) is 0 Å². The van der Waals surface area contributed by atoms with E-state index in [0.29, 0.717) is 0 Å². The minimum absolute atomic E-state index is 0. The molecular weight excluding hydrogens is 452 g/mol. The molecule has 0 unspecified atom stereocenters. The summed E-state index contributed by atoms with van der Waals surface area (Å²) in [5.41, 5.74) is 0. The van der Waals surface area contributed by atoms with Gasteiger partial charge in [0.05, 0.1) is 0 Å². The minimum Gasteiger partial charge on any atom is 0 e. The van der Waals surface area contributed by atoms with Crippen LogP contribution in [0.25, 0.3) is 0 Å². The van der Waals surface area contributed by atoms with Gasteiger partial charge in [0.1, 0.15) is 0 Å². The quantitative estimate of drug-likeness (QED) is 0.455. The molecule has 4 heteroatoms. The van der Waals surface area contributed by atoms with Crippen molar-refractivity contribution in [2.45, 2.75) is 0 Å². The molecule has 0 saturated heterocycles. The Morgan fingerprint density at radius 1 is 1.00 bits per heavy atom. The molecular formula is CeGdMoNi. The van der Waals surface area contributed by atoms with Crippen LogP contribution in [0, 0.1) is 81.7 Å². The molecule has 0 saturated carbocycles. The molecule has 0 aromatic rings. The first-order valence-corrected chi connectivity index (χ1v) is 0. The Balaban J connectivity index is 0. The van der Waals surface area contributed by atoms with Gasteiger partial charge < -0.3 is 0 Å². The average molecular weight is 452 g/mol. The molecule has 28 valence electrons. The van der Waals surface area contributed by atoms with Gasteiger partial charge in [-0.25, -0.2) is 0 Å². The summed E-state index contributed by atoms with van der Waals surface area (Å²) >= 11 is 0. The van der Waals surface area contributed by atoms with Crippen molar-refractivity contribution in [1.29, 1.82) is 0 Å². The number of rotatable bonds is 0. The summed E-state index contributed by atoms with van der Waals surface area (Å²) in [5, 5.41) is 0. The van der Waals surface area contributed by atoms with Gasteiger partial charge >= 0.3 is 0 Å². The van der Waals surface area contributed by atoms with Crippen LogP contribution >= 0.6 is 0 Å².